The zero-order valence-corrected chi connectivity index (χ0v) is 6.41. The fourth-order valence-electron chi connectivity index (χ4n) is 0. The molecule has 0 amide bonds. The first-order valence-corrected chi connectivity index (χ1v) is 1.36. The van der Waals surface area contributed by atoms with Crippen LogP contribution in [0.2, 0.25) is 0 Å². The van der Waals surface area contributed by atoms with E-state index >= 15 is 0 Å². The molecule has 0 unspecified atom stereocenters. The van der Waals surface area contributed by atoms with Gasteiger partial charge >= 0.3 is 0 Å². The van der Waals surface area contributed by atoms with E-state index < -0.39 is 9.06 Å². The molecule has 0 aliphatic rings. The van der Waals surface area contributed by atoms with Crippen molar-refractivity contribution >= 4 is 9.06 Å². The molecule has 9 N–H and O–H groups in total. The molecule has 0 rings (SSSR count). The maximum absolute atomic E-state index is 8.57. The van der Waals surface area contributed by atoms with E-state index in [0.717, 1.165) is 7.11 Å². The maximum Gasteiger partial charge on any atom is 0.140 e. The van der Waals surface area contributed by atoms with E-state index in [0.29, 0.717) is 0 Å². The van der Waals surface area contributed by atoms with Crippen LogP contribution in [0, 0.1) is 9.93 Å². The van der Waals surface area contributed by atoms with Gasteiger partial charge in [0, 0.05) is 17.0 Å². The summed E-state index contributed by atoms with van der Waals surface area (Å²) in [5, 5.41) is 19.0. The smallest absolute Gasteiger partial charge is 0.140 e. The van der Waals surface area contributed by atoms with Crippen molar-refractivity contribution in [3.63, 3.8) is 0 Å². The van der Waals surface area contributed by atoms with E-state index in [1.54, 1.807) is 0 Å². The highest BCUT2D eigenvalue weighted by molar-refractivity contribution is 7.00. The average molecular weight is 297 g/mol. The van der Waals surface area contributed by atoms with Crippen molar-refractivity contribution in [3.05, 3.63) is 9.93 Å². The minimum Gasteiger partial charge on any atom is -0.412 e. The van der Waals surface area contributed by atoms with Crippen molar-refractivity contribution < 1.29 is 36.6 Å². The first-order valence-electron chi connectivity index (χ1n) is 1.44. The van der Waals surface area contributed by atoms with Crippen LogP contribution in [0.4, 0.5) is 0 Å². The predicted octanol–water partition coefficient (Wildman–Crippen LogP) is 1.51. The first kappa shape index (κ1) is 198. The van der Waals surface area contributed by atoms with Gasteiger partial charge < -0.3 is 21.5 Å². The molecule has 0 aromatic heterocycles. The summed E-state index contributed by atoms with van der Waals surface area (Å²) in [6.45, 7) is 0. The van der Waals surface area contributed by atoms with Crippen molar-refractivity contribution in [1.82, 2.24) is 0 Å². The fourth-order valence-corrected chi connectivity index (χ4v) is 0. The molecule has 0 atom stereocenters. The second-order valence-electron chi connectivity index (χ2n) is 0. The molecule has 0 heterocycles. The van der Waals surface area contributed by atoms with Gasteiger partial charge in [-0.15, -0.1) is 0 Å². The van der Waals surface area contributed by atoms with Crippen molar-refractivity contribution in [1.29, 1.82) is 1.28 Å². The molecule has 0 radical (unpaired) electrons. The molecule has 0 saturated heterocycles. The largest absolute Gasteiger partial charge is 0.412 e. The Morgan fingerprint density at radius 3 is 0.765 bits per heavy atom. The number of aliphatic hydroxyl groups excluding tert-OH is 1. The molecule has 10 heteroatoms. The van der Waals surface area contributed by atoms with E-state index in [2.05, 4.69) is 0 Å². The lowest BCUT2D eigenvalue weighted by Crippen LogP contribution is -1.29. The van der Waals surface area contributed by atoms with Crippen molar-refractivity contribution in [2.75, 3.05) is 7.11 Å². The van der Waals surface area contributed by atoms with Crippen LogP contribution in [0.3, 0.4) is 0 Å². The normalized spacial score (nSPS) is 2.24. The zero-order chi connectivity index (χ0) is 8.71. The van der Waals surface area contributed by atoms with Crippen LogP contribution >= 0.6 is 9.06 Å². The quantitative estimate of drug-likeness (QED) is 0.342. The summed E-state index contributed by atoms with van der Waals surface area (Å²) in [6.07, 6.45) is 0. The molecular weight excluding hydrogens is 259 g/mol. The Bertz CT molecular complexity index is 40.9. The molecular formula is C7H37O9P. The highest BCUT2D eigenvalue weighted by Crippen LogP contribution is 1.23. The van der Waals surface area contributed by atoms with Crippen LogP contribution in [0.1, 0.15) is 44.6 Å². The molecule has 124 valence electrons. The van der Waals surface area contributed by atoms with Gasteiger partial charge in [-0.05, 0) is 0 Å². The van der Waals surface area contributed by atoms with Crippen LogP contribution in [-0.4, -0.2) is 40.4 Å². The Balaban J connectivity index is -0.00000000146. The molecule has 17 heavy (non-hydrogen) atoms. The number of aliphatic hydroxyl groups is 1. The average Bonchev–Trinajstić information content (AvgIpc) is 2.01. The van der Waals surface area contributed by atoms with Crippen molar-refractivity contribution in [3.8, 4) is 0 Å². The molecule has 0 aliphatic carbocycles. The topological polar surface area (TPSA) is 206 Å². The summed E-state index contributed by atoms with van der Waals surface area (Å²) in [4.78, 5) is 14.0. The minimum absolute atomic E-state index is 0. The van der Waals surface area contributed by atoms with E-state index in [1.165, 1.54) is 0 Å². The number of hydrogen-bond acceptors (Lipinski definition) is 6. The van der Waals surface area contributed by atoms with E-state index in [4.69, 9.17) is 31.4 Å². The standard InChI is InChI=1S/CH4O.6CH4.H2O2.O2.HOP.3H2O/c1-2;;;;;;;3*1-2;;;/h2H,1H3;6*1H4;1-2H;;2H;3*1H2/i;;;;;;;;;2D;;;. The molecule has 0 bridgehead atoms. The van der Waals surface area contributed by atoms with Crippen LogP contribution in [0.25, 0.3) is 0 Å². The van der Waals surface area contributed by atoms with Crippen LogP contribution in [0.15, 0.2) is 0 Å². The van der Waals surface area contributed by atoms with Gasteiger partial charge in [0.15, 0.2) is 0 Å². The van der Waals surface area contributed by atoms with Gasteiger partial charge in [0.1, 0.15) is 10.3 Å². The van der Waals surface area contributed by atoms with E-state index in [9.17, 15) is 0 Å². The van der Waals surface area contributed by atoms with Crippen LogP contribution < -0.4 is 0 Å². The van der Waals surface area contributed by atoms with Gasteiger partial charge in [-0.25, -0.2) is 0 Å². The van der Waals surface area contributed by atoms with Gasteiger partial charge in [-0.3, -0.25) is 15.1 Å². The molecule has 0 aliphatic heterocycles. The molecule has 9 nitrogen and oxygen atoms in total. The Labute approximate surface area is 109 Å². The van der Waals surface area contributed by atoms with E-state index in [-0.39, 0.29) is 61.0 Å². The Kier molecular flexibility index (Phi) is 129000. The molecule has 0 saturated carbocycles. The Morgan fingerprint density at radius 2 is 0.765 bits per heavy atom. The Hall–Kier alpha value is -0.540. The monoisotopic (exact) mass is 297 g/mol. The van der Waals surface area contributed by atoms with Gasteiger partial charge in [-0.2, -0.15) is 0 Å². The predicted molar refractivity (Wildman–Crippen MR) is 80.4 cm³/mol. The maximum atomic E-state index is 8.57. The SMILES string of the molecule is C.C.C.C.C.C.CO.O.O.O.O=O.OO.[2H]P=O. The van der Waals surface area contributed by atoms with Gasteiger partial charge in [-0.1, -0.05) is 44.6 Å². The van der Waals surface area contributed by atoms with Crippen molar-refractivity contribution in [2.24, 2.45) is 0 Å². The third kappa shape index (κ3) is 9610. The second kappa shape index (κ2) is 11100. The molecule has 0 aromatic carbocycles. The summed E-state index contributed by atoms with van der Waals surface area (Å²) in [6, 6.07) is 0. The van der Waals surface area contributed by atoms with Gasteiger partial charge in [0.25, 0.3) is 0 Å². The summed E-state index contributed by atoms with van der Waals surface area (Å²) in [5.74, 6) is 0. The van der Waals surface area contributed by atoms with Crippen molar-refractivity contribution in [2.45, 2.75) is 44.6 Å². The number of rotatable bonds is 0. The van der Waals surface area contributed by atoms with Gasteiger partial charge in [0.05, 0.1) is 0 Å². The summed E-state index contributed by atoms with van der Waals surface area (Å²) < 4.78 is 14.2. The summed E-state index contributed by atoms with van der Waals surface area (Å²) in [7, 11) is 0.417. The second-order valence-corrected chi connectivity index (χ2v) is 0. The molecule has 0 aromatic rings. The fraction of sp³-hybridized carbons (Fsp3) is 1.00. The highest BCUT2D eigenvalue weighted by atomic mass is 31.0. The molecule has 0 fully saturated rings. The third-order valence-electron chi connectivity index (χ3n) is 0. The third-order valence-corrected chi connectivity index (χ3v) is 0. The first-order chi connectivity index (χ1) is 4.41. The Morgan fingerprint density at radius 1 is 0.765 bits per heavy atom. The van der Waals surface area contributed by atoms with Crippen LogP contribution in [-0.2, 0) is 4.57 Å². The summed E-state index contributed by atoms with van der Waals surface area (Å²) >= 11 is 0. The van der Waals surface area contributed by atoms with Gasteiger partial charge in [0.2, 0.25) is 0 Å². The summed E-state index contributed by atoms with van der Waals surface area (Å²) in [5.41, 5.74) is 0. The van der Waals surface area contributed by atoms with E-state index in [1.807, 2.05) is 0 Å². The van der Waals surface area contributed by atoms with Crippen LogP contribution in [0.5, 0.6) is 0 Å². The molecule has 0 spiro atoms. The highest BCUT2D eigenvalue weighted by Gasteiger charge is 0.839. The lowest BCUT2D eigenvalue weighted by molar-refractivity contribution is -0.176. The lowest BCUT2D eigenvalue weighted by atomic mass is 11.8. The number of hydrogen-bond donors (Lipinski definition) is 3. The minimum atomic E-state index is -0.583. The zero-order valence-electron chi connectivity index (χ0n) is 6.51. The lowest BCUT2D eigenvalue weighted by Gasteiger charge is -1.25.